The highest BCUT2D eigenvalue weighted by atomic mass is 16.5. The predicted octanol–water partition coefficient (Wildman–Crippen LogP) is 7.13. The minimum Gasteiger partial charge on any atom is -0.493 e. The molecule has 0 amide bonds. The van der Waals surface area contributed by atoms with Gasteiger partial charge >= 0.3 is 0 Å². The number of likely N-dealkylation sites (N-methyl/N-ethyl adjacent to an activating group) is 2. The molecule has 252 valence electrons. The van der Waals surface area contributed by atoms with E-state index in [1.807, 2.05) is 24.3 Å². The molecule has 2 N–H and O–H groups in total. The number of hydrogen-bond donors (Lipinski definition) is 1. The van der Waals surface area contributed by atoms with Gasteiger partial charge < -0.3 is 34.2 Å². The molecule has 0 fully saturated rings. The summed E-state index contributed by atoms with van der Waals surface area (Å²) < 4.78 is 37.1. The van der Waals surface area contributed by atoms with Gasteiger partial charge in [0.2, 0.25) is 5.75 Å². The summed E-state index contributed by atoms with van der Waals surface area (Å²) in [6, 6.07) is 18.8. The molecule has 9 nitrogen and oxygen atoms in total. The third-order valence-electron chi connectivity index (χ3n) is 10.3. The molecule has 8 rings (SSSR count). The Labute approximate surface area is 283 Å². The fraction of sp³-hybridized carbons (Fsp3) is 0.385. The first-order valence-corrected chi connectivity index (χ1v) is 16.6. The molecule has 0 unspecified atom stereocenters. The van der Waals surface area contributed by atoms with Crippen LogP contribution in [-0.2, 0) is 25.7 Å². The number of ether oxygens (including phenoxy) is 6. The zero-order valence-corrected chi connectivity index (χ0v) is 28.7. The lowest BCUT2D eigenvalue weighted by molar-refractivity contribution is 0.217. The Balaban J connectivity index is 1.46. The van der Waals surface area contributed by atoms with Gasteiger partial charge in [0.1, 0.15) is 5.75 Å². The number of aryl methyl sites for hydroxylation is 1. The number of nitrogens with zero attached hydrogens (tertiary/aromatic N) is 2. The molecule has 0 saturated carbocycles. The average Bonchev–Trinajstić information content (AvgIpc) is 3.10. The van der Waals surface area contributed by atoms with Crippen LogP contribution in [0.5, 0.6) is 46.0 Å². The van der Waals surface area contributed by atoms with E-state index in [0.29, 0.717) is 52.4 Å². The van der Waals surface area contributed by atoms with Gasteiger partial charge in [-0.2, -0.15) is 0 Å². The van der Waals surface area contributed by atoms with E-state index >= 15 is 0 Å². The van der Waals surface area contributed by atoms with Crippen LogP contribution in [0.1, 0.15) is 51.9 Å². The lowest BCUT2D eigenvalue weighted by atomic mass is 9.87. The van der Waals surface area contributed by atoms with Crippen LogP contribution in [0.25, 0.3) is 0 Å². The second kappa shape index (κ2) is 13.1. The van der Waals surface area contributed by atoms with Crippen molar-refractivity contribution in [1.29, 1.82) is 0 Å². The fourth-order valence-electron chi connectivity index (χ4n) is 7.59. The topological polar surface area (TPSA) is 87.9 Å². The largest absolute Gasteiger partial charge is 0.493 e. The summed E-state index contributed by atoms with van der Waals surface area (Å²) in [5, 5.41) is 0. The maximum absolute atomic E-state index is 7.04. The van der Waals surface area contributed by atoms with Crippen LogP contribution in [0.15, 0.2) is 54.6 Å². The van der Waals surface area contributed by atoms with Crippen molar-refractivity contribution in [3.8, 4) is 46.0 Å². The second-order valence-corrected chi connectivity index (χ2v) is 13.0. The van der Waals surface area contributed by atoms with Gasteiger partial charge in [-0.1, -0.05) is 12.1 Å². The third kappa shape index (κ3) is 5.75. The number of nitrogen functional groups attached to an aromatic ring is 1. The molecule has 0 aromatic heterocycles. The Bertz CT molecular complexity index is 1820. The highest BCUT2D eigenvalue weighted by molar-refractivity contribution is 5.65. The Kier molecular flexibility index (Phi) is 8.74. The predicted molar refractivity (Wildman–Crippen MR) is 187 cm³/mol. The molecule has 4 aromatic rings. The molecule has 48 heavy (non-hydrogen) atoms. The summed E-state index contributed by atoms with van der Waals surface area (Å²) in [5.41, 5.74) is 14.3. The van der Waals surface area contributed by atoms with Gasteiger partial charge in [0, 0.05) is 42.5 Å². The van der Waals surface area contributed by atoms with Gasteiger partial charge in [-0.3, -0.25) is 9.80 Å². The first-order valence-electron chi connectivity index (χ1n) is 16.6. The van der Waals surface area contributed by atoms with Gasteiger partial charge in [-0.05, 0) is 110 Å². The Morgan fingerprint density at radius 2 is 1.31 bits per heavy atom. The van der Waals surface area contributed by atoms with Crippen LogP contribution in [-0.4, -0.2) is 65.4 Å². The van der Waals surface area contributed by atoms with E-state index in [1.165, 1.54) is 16.7 Å². The maximum atomic E-state index is 7.04. The summed E-state index contributed by atoms with van der Waals surface area (Å²) >= 11 is 0. The van der Waals surface area contributed by atoms with Crippen molar-refractivity contribution in [3.05, 3.63) is 88.0 Å². The zero-order valence-electron chi connectivity index (χ0n) is 28.7. The number of methoxy groups -OCH3 is 4. The van der Waals surface area contributed by atoms with E-state index in [4.69, 9.17) is 34.2 Å². The molecule has 2 atom stereocenters. The second-order valence-electron chi connectivity index (χ2n) is 13.0. The van der Waals surface area contributed by atoms with Gasteiger partial charge in [-0.25, -0.2) is 0 Å². The molecule has 4 aromatic carbocycles. The van der Waals surface area contributed by atoms with E-state index in [-0.39, 0.29) is 12.1 Å². The molecule has 0 spiro atoms. The highest BCUT2D eigenvalue weighted by Crippen LogP contribution is 2.52. The molecular formula is C39H45N3O6. The standard InChI is InChI=1S/C39H45N3O6/c1-41-15-13-24-18-32(43-3)35-21-28(24)30(41)12-9-23-7-10-27(11-8-23)47-34-20-26(29(40)22-33(34)44-4)17-31-37-25(14-16-42(31)2)19-36(45-5)38(46-6)39(37)48-35/h7-8,10-11,18-22,30-31H,9,12-17,40H2,1-6H3/t30-,31-/m0/s1. The lowest BCUT2D eigenvalue weighted by Crippen LogP contribution is -2.34. The minimum atomic E-state index is -0.0871. The van der Waals surface area contributed by atoms with Crippen LogP contribution in [0.4, 0.5) is 5.69 Å². The van der Waals surface area contributed by atoms with Crippen molar-refractivity contribution >= 4 is 5.69 Å². The number of anilines is 1. The van der Waals surface area contributed by atoms with Crippen molar-refractivity contribution in [2.45, 2.75) is 44.2 Å². The monoisotopic (exact) mass is 651 g/mol. The van der Waals surface area contributed by atoms with E-state index < -0.39 is 0 Å². The SMILES string of the molecule is COc1cc(N)c2cc1Oc1ccc(cc1)CC[C@H]1c3cc(c(OC)cc3CCN1C)Oc1c(OC)c(OC)cc3c1[C@H](C2)N(C)CC3. The van der Waals surface area contributed by atoms with Crippen LogP contribution in [0.2, 0.25) is 0 Å². The van der Waals surface area contributed by atoms with Crippen molar-refractivity contribution in [2.24, 2.45) is 0 Å². The van der Waals surface area contributed by atoms with Gasteiger partial charge in [-0.15, -0.1) is 0 Å². The van der Waals surface area contributed by atoms with Gasteiger partial charge in [0.15, 0.2) is 34.5 Å². The smallest absolute Gasteiger partial charge is 0.204 e. The Morgan fingerprint density at radius 3 is 2.02 bits per heavy atom. The van der Waals surface area contributed by atoms with Gasteiger partial charge in [0.25, 0.3) is 0 Å². The molecule has 0 radical (unpaired) electrons. The molecular weight excluding hydrogens is 606 g/mol. The quantitative estimate of drug-likeness (QED) is 0.232. The summed E-state index contributed by atoms with van der Waals surface area (Å²) in [6.07, 6.45) is 4.25. The van der Waals surface area contributed by atoms with E-state index in [9.17, 15) is 0 Å². The van der Waals surface area contributed by atoms with E-state index in [2.05, 4.69) is 54.2 Å². The molecule has 4 heterocycles. The number of benzene rings is 4. The van der Waals surface area contributed by atoms with Crippen molar-refractivity contribution < 1.29 is 28.4 Å². The molecule has 0 saturated heterocycles. The molecule has 4 aliphatic rings. The molecule has 9 heteroatoms. The first-order chi connectivity index (χ1) is 23.3. The number of hydrogen-bond acceptors (Lipinski definition) is 9. The van der Waals surface area contributed by atoms with E-state index in [1.54, 1.807) is 28.4 Å². The van der Waals surface area contributed by atoms with E-state index in [0.717, 1.165) is 61.2 Å². The van der Waals surface area contributed by atoms with Crippen molar-refractivity contribution in [3.63, 3.8) is 0 Å². The normalized spacial score (nSPS) is 19.1. The third-order valence-corrected chi connectivity index (χ3v) is 10.3. The molecule has 0 aliphatic carbocycles. The molecule has 4 aliphatic heterocycles. The summed E-state index contributed by atoms with van der Waals surface area (Å²) in [5.74, 6) is 5.10. The minimum absolute atomic E-state index is 0.0871. The Hall–Kier alpha value is -4.60. The summed E-state index contributed by atoms with van der Waals surface area (Å²) in [4.78, 5) is 4.79. The van der Waals surface area contributed by atoms with Crippen molar-refractivity contribution in [1.82, 2.24) is 9.80 Å². The maximum Gasteiger partial charge on any atom is 0.204 e. The highest BCUT2D eigenvalue weighted by Gasteiger charge is 2.35. The summed E-state index contributed by atoms with van der Waals surface area (Å²) in [7, 11) is 11.0. The summed E-state index contributed by atoms with van der Waals surface area (Å²) in [6.45, 7) is 1.83. The average molecular weight is 652 g/mol. The number of rotatable bonds is 4. The van der Waals surface area contributed by atoms with Crippen LogP contribution in [0.3, 0.4) is 0 Å². The fourth-order valence-corrected chi connectivity index (χ4v) is 7.59. The van der Waals surface area contributed by atoms with Crippen LogP contribution >= 0.6 is 0 Å². The van der Waals surface area contributed by atoms with Crippen LogP contribution in [0, 0.1) is 0 Å². The first kappa shape index (κ1) is 32.0. The molecule has 6 bridgehead atoms. The van der Waals surface area contributed by atoms with Gasteiger partial charge in [0.05, 0.1) is 28.4 Å². The van der Waals surface area contributed by atoms with Crippen LogP contribution < -0.4 is 34.2 Å². The van der Waals surface area contributed by atoms with Crippen molar-refractivity contribution in [2.75, 3.05) is 61.4 Å². The zero-order chi connectivity index (χ0) is 33.5. The number of fused-ring (bicyclic) bond motifs is 3. The Morgan fingerprint density at radius 1 is 0.667 bits per heavy atom. The lowest BCUT2D eigenvalue weighted by Gasteiger charge is -2.37. The number of nitrogens with two attached hydrogens (primary N) is 1.